The Morgan fingerprint density at radius 2 is 2.00 bits per heavy atom. The molecule has 29 heavy (non-hydrogen) atoms. The minimum atomic E-state index is -0.294. The number of nitrogens with one attached hydrogen (secondary N) is 1. The van der Waals surface area contributed by atoms with Gasteiger partial charge in [0.15, 0.2) is 0 Å². The SMILES string of the molecule is O=C(CCCc1nc2ccccc2c(=O)[nH]1)N1CCOC(c2ccc(F)cc2)C1. The zero-order valence-electron chi connectivity index (χ0n) is 15.9. The van der Waals surface area contributed by atoms with Crippen LogP contribution in [0.15, 0.2) is 53.3 Å². The Kier molecular flexibility index (Phi) is 5.67. The molecule has 1 unspecified atom stereocenters. The Bertz CT molecular complexity index is 1060. The number of carbonyl (C=O) groups excluding carboxylic acids is 1. The van der Waals surface area contributed by atoms with Gasteiger partial charge >= 0.3 is 0 Å². The van der Waals surface area contributed by atoms with E-state index < -0.39 is 0 Å². The molecule has 1 aliphatic rings. The van der Waals surface area contributed by atoms with Gasteiger partial charge in [0.2, 0.25) is 5.91 Å². The average molecular weight is 395 g/mol. The molecule has 1 fully saturated rings. The van der Waals surface area contributed by atoms with E-state index in [0.717, 1.165) is 5.56 Å². The number of amides is 1. The first-order valence-corrected chi connectivity index (χ1v) is 9.73. The van der Waals surface area contributed by atoms with Crippen molar-refractivity contribution < 1.29 is 13.9 Å². The summed E-state index contributed by atoms with van der Waals surface area (Å²) in [6.07, 6.45) is 1.25. The van der Waals surface area contributed by atoms with Crippen LogP contribution in [0.3, 0.4) is 0 Å². The minimum absolute atomic E-state index is 0.0450. The third kappa shape index (κ3) is 4.51. The molecule has 3 aromatic rings. The number of morpholine rings is 1. The van der Waals surface area contributed by atoms with Crippen molar-refractivity contribution in [3.05, 3.63) is 76.1 Å². The second-order valence-electron chi connectivity index (χ2n) is 7.13. The largest absolute Gasteiger partial charge is 0.370 e. The van der Waals surface area contributed by atoms with E-state index in [4.69, 9.17) is 4.74 Å². The molecule has 1 saturated heterocycles. The van der Waals surface area contributed by atoms with Crippen LogP contribution in [0.25, 0.3) is 10.9 Å². The Morgan fingerprint density at radius 3 is 2.83 bits per heavy atom. The first kappa shape index (κ1) is 19.3. The lowest BCUT2D eigenvalue weighted by Gasteiger charge is -2.33. The molecule has 7 heteroatoms. The number of H-pyrrole nitrogens is 1. The summed E-state index contributed by atoms with van der Waals surface area (Å²) in [5.41, 5.74) is 1.36. The number of halogens is 1. The van der Waals surface area contributed by atoms with Crippen LogP contribution >= 0.6 is 0 Å². The monoisotopic (exact) mass is 395 g/mol. The number of para-hydroxylation sites is 1. The molecule has 0 aliphatic carbocycles. The fourth-order valence-corrected chi connectivity index (χ4v) is 3.57. The summed E-state index contributed by atoms with van der Waals surface area (Å²) in [5, 5.41) is 0.562. The first-order chi connectivity index (χ1) is 14.1. The Labute approximate surface area is 167 Å². The molecule has 0 saturated carbocycles. The maximum absolute atomic E-state index is 13.1. The topological polar surface area (TPSA) is 75.3 Å². The normalized spacial score (nSPS) is 16.9. The van der Waals surface area contributed by atoms with E-state index in [9.17, 15) is 14.0 Å². The number of ether oxygens (including phenoxy) is 1. The van der Waals surface area contributed by atoms with Gasteiger partial charge in [-0.15, -0.1) is 0 Å². The van der Waals surface area contributed by atoms with Crippen molar-refractivity contribution in [3.63, 3.8) is 0 Å². The molecule has 6 nitrogen and oxygen atoms in total. The van der Waals surface area contributed by atoms with Gasteiger partial charge in [0, 0.05) is 19.4 Å². The Hall–Kier alpha value is -3.06. The van der Waals surface area contributed by atoms with E-state index in [2.05, 4.69) is 9.97 Å². The van der Waals surface area contributed by atoms with Crippen molar-refractivity contribution >= 4 is 16.8 Å². The molecule has 2 heterocycles. The van der Waals surface area contributed by atoms with Gasteiger partial charge in [-0.25, -0.2) is 9.37 Å². The molecule has 0 bridgehead atoms. The van der Waals surface area contributed by atoms with Crippen molar-refractivity contribution in [1.29, 1.82) is 0 Å². The Morgan fingerprint density at radius 1 is 1.21 bits per heavy atom. The van der Waals surface area contributed by atoms with Gasteiger partial charge < -0.3 is 14.6 Å². The quantitative estimate of drug-likeness (QED) is 0.721. The molecule has 150 valence electrons. The smallest absolute Gasteiger partial charge is 0.258 e. The van der Waals surface area contributed by atoms with E-state index in [0.29, 0.717) is 55.7 Å². The van der Waals surface area contributed by atoms with Gasteiger partial charge in [0.05, 0.1) is 24.1 Å². The molecular formula is C22H22FN3O3. The minimum Gasteiger partial charge on any atom is -0.370 e. The third-order valence-corrected chi connectivity index (χ3v) is 5.13. The molecular weight excluding hydrogens is 373 g/mol. The number of fused-ring (bicyclic) bond motifs is 1. The Balaban J connectivity index is 1.33. The number of rotatable bonds is 5. The zero-order chi connectivity index (χ0) is 20.2. The number of aryl methyl sites for hydroxylation is 1. The molecule has 1 amide bonds. The highest BCUT2D eigenvalue weighted by atomic mass is 19.1. The lowest BCUT2D eigenvalue weighted by Crippen LogP contribution is -2.42. The number of nitrogens with zero attached hydrogens (tertiary/aromatic N) is 2. The summed E-state index contributed by atoms with van der Waals surface area (Å²) in [6, 6.07) is 13.4. The zero-order valence-corrected chi connectivity index (χ0v) is 15.9. The van der Waals surface area contributed by atoms with Crippen LogP contribution < -0.4 is 5.56 Å². The second-order valence-corrected chi connectivity index (χ2v) is 7.13. The van der Waals surface area contributed by atoms with Crippen molar-refractivity contribution in [1.82, 2.24) is 14.9 Å². The molecule has 2 aromatic carbocycles. The second kappa shape index (κ2) is 8.53. The fraction of sp³-hybridized carbons (Fsp3) is 0.318. The van der Waals surface area contributed by atoms with Crippen molar-refractivity contribution in [2.75, 3.05) is 19.7 Å². The summed E-state index contributed by atoms with van der Waals surface area (Å²) >= 11 is 0. The summed E-state index contributed by atoms with van der Waals surface area (Å²) in [5.74, 6) is 0.342. The van der Waals surface area contributed by atoms with Gasteiger partial charge in [-0.2, -0.15) is 0 Å². The van der Waals surface area contributed by atoms with E-state index in [1.54, 1.807) is 29.2 Å². The lowest BCUT2D eigenvalue weighted by molar-refractivity contribution is -0.139. The molecule has 0 spiro atoms. The van der Waals surface area contributed by atoms with Crippen LogP contribution in [0.1, 0.15) is 30.3 Å². The van der Waals surface area contributed by atoms with Crippen molar-refractivity contribution in [2.45, 2.75) is 25.4 Å². The maximum atomic E-state index is 13.1. The molecule has 1 N–H and O–H groups in total. The van der Waals surface area contributed by atoms with Crippen LogP contribution in [0.2, 0.25) is 0 Å². The number of aromatic nitrogens is 2. The third-order valence-electron chi connectivity index (χ3n) is 5.13. The fourth-order valence-electron chi connectivity index (χ4n) is 3.57. The van der Waals surface area contributed by atoms with Crippen LogP contribution in [-0.4, -0.2) is 40.5 Å². The highest BCUT2D eigenvalue weighted by Gasteiger charge is 2.25. The maximum Gasteiger partial charge on any atom is 0.258 e. The summed E-state index contributed by atoms with van der Waals surface area (Å²) in [4.78, 5) is 33.8. The number of hydrogen-bond acceptors (Lipinski definition) is 4. The van der Waals surface area contributed by atoms with Crippen LogP contribution in [-0.2, 0) is 16.0 Å². The highest BCUT2D eigenvalue weighted by Crippen LogP contribution is 2.23. The molecule has 1 atom stereocenters. The van der Waals surface area contributed by atoms with Crippen molar-refractivity contribution in [3.8, 4) is 0 Å². The van der Waals surface area contributed by atoms with E-state index in [-0.39, 0.29) is 23.4 Å². The van der Waals surface area contributed by atoms with Gasteiger partial charge in [0.1, 0.15) is 17.7 Å². The van der Waals surface area contributed by atoms with Gasteiger partial charge in [0.25, 0.3) is 5.56 Å². The van der Waals surface area contributed by atoms with Gasteiger partial charge in [-0.1, -0.05) is 24.3 Å². The number of hydrogen-bond donors (Lipinski definition) is 1. The molecule has 1 aliphatic heterocycles. The van der Waals surface area contributed by atoms with E-state index in [1.807, 2.05) is 12.1 Å². The van der Waals surface area contributed by atoms with Gasteiger partial charge in [-0.05, 0) is 36.2 Å². The predicted octanol–water partition coefficient (Wildman–Crippen LogP) is 2.99. The summed E-state index contributed by atoms with van der Waals surface area (Å²) < 4.78 is 18.9. The summed E-state index contributed by atoms with van der Waals surface area (Å²) in [7, 11) is 0. The first-order valence-electron chi connectivity index (χ1n) is 9.73. The summed E-state index contributed by atoms with van der Waals surface area (Å²) in [6.45, 7) is 1.45. The number of carbonyl (C=O) groups is 1. The molecule has 1 aromatic heterocycles. The highest BCUT2D eigenvalue weighted by molar-refractivity contribution is 5.77. The average Bonchev–Trinajstić information content (AvgIpc) is 2.74. The number of aromatic amines is 1. The van der Waals surface area contributed by atoms with E-state index >= 15 is 0 Å². The van der Waals surface area contributed by atoms with Crippen molar-refractivity contribution in [2.24, 2.45) is 0 Å². The van der Waals surface area contributed by atoms with Crippen LogP contribution in [0.4, 0.5) is 4.39 Å². The van der Waals surface area contributed by atoms with Crippen LogP contribution in [0.5, 0.6) is 0 Å². The standard InChI is InChI=1S/C22H22FN3O3/c23-16-10-8-15(9-11-16)19-14-26(12-13-29-19)21(27)7-3-6-20-24-18-5-2-1-4-17(18)22(28)25-20/h1-2,4-5,8-11,19H,3,6-7,12-14H2,(H,24,25,28). The van der Waals surface area contributed by atoms with E-state index in [1.165, 1.54) is 12.1 Å². The predicted molar refractivity (Wildman–Crippen MR) is 107 cm³/mol. The lowest BCUT2D eigenvalue weighted by atomic mass is 10.1. The van der Waals surface area contributed by atoms with Crippen LogP contribution in [0, 0.1) is 5.82 Å². The molecule has 4 rings (SSSR count). The molecule has 0 radical (unpaired) electrons. The van der Waals surface area contributed by atoms with Gasteiger partial charge in [-0.3, -0.25) is 9.59 Å². The number of benzene rings is 2.